The van der Waals surface area contributed by atoms with Gasteiger partial charge in [-0.2, -0.15) is 0 Å². The van der Waals surface area contributed by atoms with E-state index < -0.39 is 0 Å². The smallest absolute Gasteiger partial charge is 0.287 e. The van der Waals surface area contributed by atoms with Crippen molar-refractivity contribution in [2.75, 3.05) is 37.6 Å². The number of benzene rings is 2. The SMILES string of the molecule is Cc1c(C(=O)NCC(C)N2CCN(c3ccccc3)CC2)oc2c(C)cccc12. The largest absolute Gasteiger partial charge is 0.450 e. The van der Waals surface area contributed by atoms with Gasteiger partial charge in [0.15, 0.2) is 5.76 Å². The summed E-state index contributed by atoms with van der Waals surface area (Å²) in [6.07, 6.45) is 0. The zero-order valence-corrected chi connectivity index (χ0v) is 17.4. The number of aryl methyl sites for hydroxylation is 2. The monoisotopic (exact) mass is 391 g/mol. The molecule has 1 aromatic heterocycles. The standard InChI is InChI=1S/C24H29N3O2/c1-17-8-7-11-21-19(3)23(29-22(17)21)24(28)25-16-18(2)26-12-14-27(15-13-26)20-9-5-4-6-10-20/h4-11,18H,12-16H2,1-3H3,(H,25,28). The second-order valence-corrected chi connectivity index (χ2v) is 7.93. The minimum absolute atomic E-state index is 0.132. The van der Waals surface area contributed by atoms with Gasteiger partial charge >= 0.3 is 0 Å². The van der Waals surface area contributed by atoms with Crippen molar-refractivity contribution < 1.29 is 9.21 Å². The topological polar surface area (TPSA) is 48.7 Å². The van der Waals surface area contributed by atoms with Crippen LogP contribution in [0.5, 0.6) is 0 Å². The molecule has 1 unspecified atom stereocenters. The summed E-state index contributed by atoms with van der Waals surface area (Å²) < 4.78 is 5.90. The number of carbonyl (C=O) groups excluding carboxylic acids is 1. The molecule has 0 radical (unpaired) electrons. The van der Waals surface area contributed by atoms with Gasteiger partial charge in [0.1, 0.15) is 5.58 Å². The van der Waals surface area contributed by atoms with Crippen LogP contribution in [-0.4, -0.2) is 49.6 Å². The number of hydrogen-bond donors (Lipinski definition) is 1. The third-order valence-corrected chi connectivity index (χ3v) is 5.98. The summed E-state index contributed by atoms with van der Waals surface area (Å²) in [6, 6.07) is 16.8. The molecule has 0 aliphatic carbocycles. The van der Waals surface area contributed by atoms with Crippen LogP contribution >= 0.6 is 0 Å². The van der Waals surface area contributed by atoms with Crippen LogP contribution in [0.2, 0.25) is 0 Å². The van der Waals surface area contributed by atoms with E-state index in [0.717, 1.165) is 48.3 Å². The van der Waals surface area contributed by atoms with E-state index in [1.165, 1.54) is 5.69 Å². The summed E-state index contributed by atoms with van der Waals surface area (Å²) in [4.78, 5) is 17.6. The molecule has 0 spiro atoms. The third kappa shape index (κ3) is 4.01. The Balaban J connectivity index is 1.33. The summed E-state index contributed by atoms with van der Waals surface area (Å²) in [5.74, 6) is 0.295. The van der Waals surface area contributed by atoms with Crippen LogP contribution in [0.25, 0.3) is 11.0 Å². The van der Waals surface area contributed by atoms with Gasteiger partial charge in [-0.05, 0) is 38.5 Å². The molecule has 1 saturated heterocycles. The second-order valence-electron chi connectivity index (χ2n) is 7.93. The first-order chi connectivity index (χ1) is 14.0. The molecule has 1 aliphatic heterocycles. The van der Waals surface area contributed by atoms with E-state index >= 15 is 0 Å². The van der Waals surface area contributed by atoms with Crippen molar-refractivity contribution >= 4 is 22.6 Å². The van der Waals surface area contributed by atoms with Crippen molar-refractivity contribution in [2.45, 2.75) is 26.8 Å². The van der Waals surface area contributed by atoms with Crippen LogP contribution in [-0.2, 0) is 0 Å². The molecular weight excluding hydrogens is 362 g/mol. The zero-order valence-electron chi connectivity index (χ0n) is 17.4. The molecule has 1 aliphatic rings. The van der Waals surface area contributed by atoms with Gasteiger partial charge in [-0.15, -0.1) is 0 Å². The average molecular weight is 392 g/mol. The molecule has 3 aromatic rings. The molecule has 2 aromatic carbocycles. The van der Waals surface area contributed by atoms with Crippen molar-refractivity contribution in [3.05, 3.63) is 65.4 Å². The van der Waals surface area contributed by atoms with E-state index in [9.17, 15) is 4.79 Å². The van der Waals surface area contributed by atoms with Gasteiger partial charge in [0.2, 0.25) is 0 Å². The Labute approximate surface area is 172 Å². The van der Waals surface area contributed by atoms with Crippen molar-refractivity contribution in [1.82, 2.24) is 10.2 Å². The fourth-order valence-electron chi connectivity index (χ4n) is 4.11. The van der Waals surface area contributed by atoms with Crippen LogP contribution < -0.4 is 10.2 Å². The number of para-hydroxylation sites is 2. The highest BCUT2D eigenvalue weighted by Crippen LogP contribution is 2.27. The van der Waals surface area contributed by atoms with Gasteiger partial charge in [-0.1, -0.05) is 36.4 Å². The van der Waals surface area contributed by atoms with Crippen molar-refractivity contribution in [2.24, 2.45) is 0 Å². The highest BCUT2D eigenvalue weighted by molar-refractivity contribution is 5.99. The molecular formula is C24H29N3O2. The number of piperazine rings is 1. The minimum atomic E-state index is -0.132. The first-order valence-electron chi connectivity index (χ1n) is 10.4. The molecule has 1 fully saturated rings. The molecule has 0 bridgehead atoms. The number of rotatable bonds is 5. The summed E-state index contributed by atoms with van der Waals surface area (Å²) >= 11 is 0. The first-order valence-corrected chi connectivity index (χ1v) is 10.4. The van der Waals surface area contributed by atoms with Gasteiger partial charge in [0.05, 0.1) is 0 Å². The van der Waals surface area contributed by atoms with Gasteiger partial charge in [0, 0.05) is 55.4 Å². The lowest BCUT2D eigenvalue weighted by Crippen LogP contribution is -2.52. The highest BCUT2D eigenvalue weighted by Gasteiger charge is 2.23. The number of hydrogen-bond acceptors (Lipinski definition) is 4. The number of amides is 1. The Morgan fingerprint density at radius 2 is 1.76 bits per heavy atom. The molecule has 5 nitrogen and oxygen atoms in total. The Hall–Kier alpha value is -2.79. The minimum Gasteiger partial charge on any atom is -0.450 e. The summed E-state index contributed by atoms with van der Waals surface area (Å²) in [6.45, 7) is 10.7. The average Bonchev–Trinajstić information content (AvgIpc) is 3.10. The number of carbonyl (C=O) groups is 1. The van der Waals surface area contributed by atoms with Crippen LogP contribution in [0.1, 0.15) is 28.6 Å². The summed E-state index contributed by atoms with van der Waals surface area (Å²) in [5.41, 5.74) is 4.05. The number of furan rings is 1. The number of fused-ring (bicyclic) bond motifs is 1. The van der Waals surface area contributed by atoms with Crippen LogP contribution in [0, 0.1) is 13.8 Å². The van der Waals surface area contributed by atoms with Gasteiger partial charge in [-0.25, -0.2) is 0 Å². The van der Waals surface area contributed by atoms with Crippen LogP contribution in [0.3, 0.4) is 0 Å². The van der Waals surface area contributed by atoms with E-state index in [1.54, 1.807) is 0 Å². The molecule has 2 heterocycles. The molecule has 1 atom stereocenters. The molecule has 5 heteroatoms. The quantitative estimate of drug-likeness (QED) is 0.714. The van der Waals surface area contributed by atoms with Crippen LogP contribution in [0.15, 0.2) is 52.9 Å². The summed E-state index contributed by atoms with van der Waals surface area (Å²) in [7, 11) is 0. The lowest BCUT2D eigenvalue weighted by Gasteiger charge is -2.39. The summed E-state index contributed by atoms with van der Waals surface area (Å²) in [5, 5.41) is 4.09. The molecule has 1 N–H and O–H groups in total. The van der Waals surface area contributed by atoms with Crippen molar-refractivity contribution in [3.8, 4) is 0 Å². The van der Waals surface area contributed by atoms with Crippen LogP contribution in [0.4, 0.5) is 5.69 Å². The van der Waals surface area contributed by atoms with E-state index in [0.29, 0.717) is 12.3 Å². The third-order valence-electron chi connectivity index (χ3n) is 5.98. The Morgan fingerprint density at radius 1 is 1.03 bits per heavy atom. The molecule has 152 valence electrons. The predicted octanol–water partition coefficient (Wildman–Crippen LogP) is 3.99. The normalized spacial score (nSPS) is 16.2. The number of anilines is 1. The molecule has 29 heavy (non-hydrogen) atoms. The van der Waals surface area contributed by atoms with E-state index in [2.05, 4.69) is 52.4 Å². The number of nitrogens with one attached hydrogen (secondary N) is 1. The maximum atomic E-state index is 12.7. The maximum absolute atomic E-state index is 12.7. The lowest BCUT2D eigenvalue weighted by atomic mass is 10.1. The van der Waals surface area contributed by atoms with Crippen molar-refractivity contribution in [1.29, 1.82) is 0 Å². The maximum Gasteiger partial charge on any atom is 0.287 e. The van der Waals surface area contributed by atoms with E-state index in [1.807, 2.05) is 32.0 Å². The molecule has 4 rings (SSSR count). The van der Waals surface area contributed by atoms with Gasteiger partial charge in [0.25, 0.3) is 5.91 Å². The second kappa shape index (κ2) is 8.29. The fraction of sp³-hybridized carbons (Fsp3) is 0.375. The van der Waals surface area contributed by atoms with Crippen molar-refractivity contribution in [3.63, 3.8) is 0 Å². The number of nitrogens with zero attached hydrogens (tertiary/aromatic N) is 2. The van der Waals surface area contributed by atoms with E-state index in [4.69, 9.17) is 4.42 Å². The Bertz CT molecular complexity index is 988. The highest BCUT2D eigenvalue weighted by atomic mass is 16.3. The predicted molar refractivity (Wildman–Crippen MR) is 118 cm³/mol. The molecule has 1 amide bonds. The Morgan fingerprint density at radius 3 is 2.45 bits per heavy atom. The van der Waals surface area contributed by atoms with E-state index in [-0.39, 0.29) is 11.9 Å². The van der Waals surface area contributed by atoms with Gasteiger partial charge in [-0.3, -0.25) is 9.69 Å². The lowest BCUT2D eigenvalue weighted by molar-refractivity contribution is 0.0908. The van der Waals surface area contributed by atoms with Gasteiger partial charge < -0.3 is 14.6 Å². The fourth-order valence-corrected chi connectivity index (χ4v) is 4.11. The zero-order chi connectivity index (χ0) is 20.4. The molecule has 0 saturated carbocycles. The first kappa shape index (κ1) is 19.5. The Kier molecular flexibility index (Phi) is 5.58.